The molecule has 1 amide bonds. The second-order valence-electron chi connectivity index (χ2n) is 5.36. The number of ether oxygens (including phenoxy) is 1. The number of aryl methyl sites for hydroxylation is 1. The molecule has 2 rings (SSSR count). The highest BCUT2D eigenvalue weighted by molar-refractivity contribution is 5.85. The Hall–Kier alpha value is -2.82. The maximum atomic E-state index is 12.3. The summed E-state index contributed by atoms with van der Waals surface area (Å²) in [5.74, 6) is -0.684. The fourth-order valence-electron chi connectivity index (χ4n) is 2.39. The number of hydrogen-bond donors (Lipinski definition) is 2. The number of carbonyl (C=O) groups is 2. The quantitative estimate of drug-likeness (QED) is 0.605. The summed E-state index contributed by atoms with van der Waals surface area (Å²) in [6.45, 7) is 2.00. The normalized spacial score (nSPS) is 11.5. The summed E-state index contributed by atoms with van der Waals surface area (Å²) >= 11 is 0. The van der Waals surface area contributed by atoms with Crippen LogP contribution in [0.3, 0.4) is 0 Å². The molecule has 5 heteroatoms. The Balaban J connectivity index is 2.02. The molecule has 0 heterocycles. The molecule has 24 heavy (non-hydrogen) atoms. The first-order valence-corrected chi connectivity index (χ1v) is 7.96. The Morgan fingerprint density at radius 1 is 1.08 bits per heavy atom. The first kappa shape index (κ1) is 17.5. The number of nitrogens with one attached hydrogen (secondary N) is 1. The predicted molar refractivity (Wildman–Crippen MR) is 93.1 cm³/mol. The highest BCUT2D eigenvalue weighted by Gasteiger charge is 2.23. The van der Waals surface area contributed by atoms with Gasteiger partial charge < -0.3 is 15.8 Å². The molecular formula is C19H22N2O3. The molecule has 0 saturated carbocycles. The van der Waals surface area contributed by atoms with Gasteiger partial charge in [0, 0.05) is 12.1 Å². The van der Waals surface area contributed by atoms with Crippen molar-refractivity contribution in [3.63, 3.8) is 0 Å². The molecule has 5 nitrogen and oxygen atoms in total. The zero-order chi connectivity index (χ0) is 17.4. The van der Waals surface area contributed by atoms with Gasteiger partial charge in [-0.3, -0.25) is 4.79 Å². The van der Waals surface area contributed by atoms with Crippen molar-refractivity contribution in [1.29, 1.82) is 0 Å². The molecule has 0 radical (unpaired) electrons. The van der Waals surface area contributed by atoms with E-state index in [1.807, 2.05) is 36.4 Å². The molecule has 0 aromatic heterocycles. The minimum atomic E-state index is -0.799. The van der Waals surface area contributed by atoms with Gasteiger partial charge in [0.25, 0.3) is 0 Å². The minimum absolute atomic E-state index is 0.222. The van der Waals surface area contributed by atoms with Crippen LogP contribution in [-0.2, 0) is 20.7 Å². The van der Waals surface area contributed by atoms with Gasteiger partial charge in [-0.1, -0.05) is 48.5 Å². The molecule has 0 fully saturated rings. The molecule has 2 aromatic rings. The lowest BCUT2D eigenvalue weighted by Crippen LogP contribution is -2.35. The van der Waals surface area contributed by atoms with Crippen LogP contribution in [-0.4, -0.2) is 18.5 Å². The van der Waals surface area contributed by atoms with E-state index in [1.54, 1.807) is 25.1 Å². The first-order chi connectivity index (χ1) is 11.6. The maximum absolute atomic E-state index is 12.3. The van der Waals surface area contributed by atoms with E-state index in [-0.39, 0.29) is 18.9 Å². The second-order valence-corrected chi connectivity index (χ2v) is 5.36. The Kier molecular flexibility index (Phi) is 6.37. The standard InChI is InChI=1S/C19H22N2O3/c1-2-24-19(23)18(15-9-4-3-5-10-15)21-17(22)13-12-14-8-6-7-11-16(14)20/h3-11,18H,2,12-13,20H2,1H3,(H,21,22)/t18-/m1/s1. The summed E-state index contributed by atoms with van der Waals surface area (Å²) in [7, 11) is 0. The Bertz CT molecular complexity index is 686. The third kappa shape index (κ3) is 4.84. The average molecular weight is 326 g/mol. The molecule has 0 aliphatic heterocycles. The molecule has 126 valence electrons. The fraction of sp³-hybridized carbons (Fsp3) is 0.263. The van der Waals surface area contributed by atoms with Gasteiger partial charge in [-0.2, -0.15) is 0 Å². The van der Waals surface area contributed by atoms with Gasteiger partial charge in [0.05, 0.1) is 6.61 Å². The molecule has 0 saturated heterocycles. The highest BCUT2D eigenvalue weighted by atomic mass is 16.5. The van der Waals surface area contributed by atoms with Crippen LogP contribution in [0.25, 0.3) is 0 Å². The number of rotatable bonds is 7. The monoisotopic (exact) mass is 326 g/mol. The smallest absolute Gasteiger partial charge is 0.333 e. The van der Waals surface area contributed by atoms with E-state index >= 15 is 0 Å². The number of anilines is 1. The number of nitrogen functional groups attached to an aromatic ring is 1. The average Bonchev–Trinajstić information content (AvgIpc) is 2.60. The van der Waals surface area contributed by atoms with Gasteiger partial charge in [-0.05, 0) is 30.5 Å². The van der Waals surface area contributed by atoms with Crippen LogP contribution in [0.15, 0.2) is 54.6 Å². The van der Waals surface area contributed by atoms with Gasteiger partial charge in [-0.15, -0.1) is 0 Å². The van der Waals surface area contributed by atoms with Gasteiger partial charge in [0.15, 0.2) is 6.04 Å². The van der Waals surface area contributed by atoms with Crippen molar-refractivity contribution >= 4 is 17.6 Å². The van der Waals surface area contributed by atoms with E-state index in [1.165, 1.54) is 0 Å². The Morgan fingerprint density at radius 2 is 1.75 bits per heavy atom. The molecule has 1 atom stereocenters. The van der Waals surface area contributed by atoms with E-state index in [4.69, 9.17) is 10.5 Å². The maximum Gasteiger partial charge on any atom is 0.333 e. The molecule has 0 spiro atoms. The minimum Gasteiger partial charge on any atom is -0.464 e. The molecule has 3 N–H and O–H groups in total. The molecule has 2 aromatic carbocycles. The molecule has 0 unspecified atom stereocenters. The van der Waals surface area contributed by atoms with Crippen LogP contribution in [0.1, 0.15) is 30.5 Å². The number of benzene rings is 2. The zero-order valence-electron chi connectivity index (χ0n) is 13.7. The number of carbonyl (C=O) groups excluding carboxylic acids is 2. The zero-order valence-corrected chi connectivity index (χ0v) is 13.7. The first-order valence-electron chi connectivity index (χ1n) is 7.96. The lowest BCUT2D eigenvalue weighted by Gasteiger charge is -2.17. The molecule has 0 bridgehead atoms. The van der Waals surface area contributed by atoms with Gasteiger partial charge in [0.1, 0.15) is 0 Å². The van der Waals surface area contributed by atoms with Crippen LogP contribution in [0.5, 0.6) is 0 Å². The summed E-state index contributed by atoms with van der Waals surface area (Å²) in [5, 5.41) is 2.75. The predicted octanol–water partition coefficient (Wildman–Crippen LogP) is 2.62. The van der Waals surface area contributed by atoms with Crippen LogP contribution in [0, 0.1) is 0 Å². The van der Waals surface area contributed by atoms with Gasteiger partial charge >= 0.3 is 5.97 Å². The van der Waals surface area contributed by atoms with Crippen LogP contribution < -0.4 is 11.1 Å². The van der Waals surface area contributed by atoms with Crippen LogP contribution in [0.2, 0.25) is 0 Å². The van der Waals surface area contributed by atoms with E-state index in [0.29, 0.717) is 17.7 Å². The lowest BCUT2D eigenvalue weighted by atomic mass is 10.1. The van der Waals surface area contributed by atoms with Crippen molar-refractivity contribution in [3.8, 4) is 0 Å². The van der Waals surface area contributed by atoms with Crippen LogP contribution >= 0.6 is 0 Å². The summed E-state index contributed by atoms with van der Waals surface area (Å²) < 4.78 is 5.07. The third-order valence-electron chi connectivity index (χ3n) is 3.64. The topological polar surface area (TPSA) is 81.4 Å². The number of para-hydroxylation sites is 1. The van der Waals surface area contributed by atoms with Gasteiger partial charge in [-0.25, -0.2) is 4.79 Å². The third-order valence-corrected chi connectivity index (χ3v) is 3.64. The summed E-state index contributed by atoms with van der Waals surface area (Å²) in [6, 6.07) is 15.7. The van der Waals surface area contributed by atoms with E-state index in [2.05, 4.69) is 5.32 Å². The lowest BCUT2D eigenvalue weighted by molar-refractivity contribution is -0.147. The Morgan fingerprint density at radius 3 is 2.42 bits per heavy atom. The van der Waals surface area contributed by atoms with Crippen molar-refractivity contribution in [2.24, 2.45) is 0 Å². The van der Waals surface area contributed by atoms with Crippen molar-refractivity contribution in [1.82, 2.24) is 5.32 Å². The number of amides is 1. The Labute approximate surface area is 141 Å². The molecular weight excluding hydrogens is 304 g/mol. The fourth-order valence-corrected chi connectivity index (χ4v) is 2.39. The van der Waals surface area contributed by atoms with E-state index in [9.17, 15) is 9.59 Å². The largest absolute Gasteiger partial charge is 0.464 e. The van der Waals surface area contributed by atoms with E-state index in [0.717, 1.165) is 5.56 Å². The summed E-state index contributed by atoms with van der Waals surface area (Å²) in [5.41, 5.74) is 8.16. The number of nitrogens with two attached hydrogens (primary N) is 1. The summed E-state index contributed by atoms with van der Waals surface area (Å²) in [6.07, 6.45) is 0.764. The van der Waals surface area contributed by atoms with Crippen molar-refractivity contribution < 1.29 is 14.3 Å². The molecule has 0 aliphatic rings. The van der Waals surface area contributed by atoms with Crippen molar-refractivity contribution in [3.05, 3.63) is 65.7 Å². The van der Waals surface area contributed by atoms with Gasteiger partial charge in [0.2, 0.25) is 5.91 Å². The molecule has 0 aliphatic carbocycles. The summed E-state index contributed by atoms with van der Waals surface area (Å²) in [4.78, 5) is 24.4. The number of esters is 1. The SMILES string of the molecule is CCOC(=O)[C@H](NC(=O)CCc1ccccc1N)c1ccccc1. The van der Waals surface area contributed by atoms with Crippen LogP contribution in [0.4, 0.5) is 5.69 Å². The highest BCUT2D eigenvalue weighted by Crippen LogP contribution is 2.16. The second kappa shape index (κ2) is 8.72. The number of hydrogen-bond acceptors (Lipinski definition) is 4. The van der Waals surface area contributed by atoms with Crippen molar-refractivity contribution in [2.45, 2.75) is 25.8 Å². The van der Waals surface area contributed by atoms with E-state index < -0.39 is 12.0 Å². The van der Waals surface area contributed by atoms with Crippen molar-refractivity contribution in [2.75, 3.05) is 12.3 Å².